The van der Waals surface area contributed by atoms with Crippen LogP contribution in [0, 0.1) is 5.92 Å². The third kappa shape index (κ3) is 3.64. The van der Waals surface area contributed by atoms with E-state index in [9.17, 15) is 9.59 Å². The smallest absolute Gasteiger partial charge is 0.251 e. The largest absolute Gasteiger partial charge is 0.445 e. The maximum Gasteiger partial charge on any atom is 0.251 e. The Labute approximate surface area is 156 Å². The van der Waals surface area contributed by atoms with Crippen LogP contribution in [-0.4, -0.2) is 47.3 Å². The highest BCUT2D eigenvalue weighted by Crippen LogP contribution is 2.29. The van der Waals surface area contributed by atoms with E-state index in [2.05, 4.69) is 15.2 Å². The lowest BCUT2D eigenvalue weighted by atomic mass is 9.84. The minimum atomic E-state index is -0.0791. The number of Topliss-reactive ketones (excluding diaryl/α,β-unsaturated/α-hetero) is 1. The molecule has 0 unspecified atom stereocenters. The number of ketones is 1. The van der Waals surface area contributed by atoms with Crippen LogP contribution in [0.5, 0.6) is 10.8 Å². The number of aromatic nitrogens is 1. The molecule has 1 amide bonds. The van der Waals surface area contributed by atoms with Crippen molar-refractivity contribution in [2.24, 2.45) is 5.92 Å². The average Bonchev–Trinajstić information content (AvgIpc) is 3.12. The van der Waals surface area contributed by atoms with Gasteiger partial charge >= 0.3 is 0 Å². The van der Waals surface area contributed by atoms with Gasteiger partial charge in [0.2, 0.25) is 5.06 Å². The normalized spacial score (nSPS) is 24.3. The second-order valence-corrected chi connectivity index (χ2v) is 7.88. The second-order valence-electron chi connectivity index (χ2n) is 6.89. The molecule has 26 heavy (non-hydrogen) atoms. The van der Waals surface area contributed by atoms with Crippen LogP contribution in [0.25, 0.3) is 0 Å². The van der Waals surface area contributed by atoms with Crippen molar-refractivity contribution >= 4 is 23.0 Å². The molecule has 0 spiro atoms. The summed E-state index contributed by atoms with van der Waals surface area (Å²) < 4.78 is 5.70. The Balaban J connectivity index is 1.37. The molecule has 3 aliphatic heterocycles. The molecule has 3 aliphatic rings. The number of nitrogens with zero attached hydrogens (tertiary/aromatic N) is 2. The molecule has 6 nitrogen and oxygen atoms in total. The molecule has 0 radical (unpaired) electrons. The first-order valence-corrected chi connectivity index (χ1v) is 9.68. The van der Waals surface area contributed by atoms with Gasteiger partial charge in [-0.15, -0.1) is 0 Å². The van der Waals surface area contributed by atoms with Gasteiger partial charge in [-0.2, -0.15) is 0 Å². The molecule has 7 heteroatoms. The topological polar surface area (TPSA) is 71.5 Å². The minimum absolute atomic E-state index is 0.0352. The summed E-state index contributed by atoms with van der Waals surface area (Å²) in [6.45, 7) is 4.75. The molecule has 0 aliphatic carbocycles. The number of amides is 1. The molecule has 3 saturated heterocycles. The number of ether oxygens (including phenoxy) is 1. The fraction of sp³-hybridized carbons (Fsp3) is 0.421. The van der Waals surface area contributed by atoms with Crippen molar-refractivity contribution < 1.29 is 14.3 Å². The summed E-state index contributed by atoms with van der Waals surface area (Å²) in [5.41, 5.74) is 0.627. The molecule has 2 aromatic rings. The Morgan fingerprint density at radius 2 is 1.96 bits per heavy atom. The number of piperidine rings is 3. The number of fused-ring (bicyclic) bond motifs is 3. The first-order chi connectivity index (χ1) is 12.6. The monoisotopic (exact) mass is 371 g/mol. The second kappa shape index (κ2) is 7.17. The highest BCUT2D eigenvalue weighted by Gasteiger charge is 2.34. The minimum Gasteiger partial charge on any atom is -0.445 e. The maximum atomic E-state index is 12.5. The molecule has 2 bridgehead atoms. The average molecular weight is 371 g/mol. The van der Waals surface area contributed by atoms with E-state index in [4.69, 9.17) is 4.74 Å². The van der Waals surface area contributed by atoms with Crippen LogP contribution in [0.2, 0.25) is 0 Å². The third-order valence-corrected chi connectivity index (χ3v) is 6.07. The number of nitrogens with one attached hydrogen (secondary N) is 1. The van der Waals surface area contributed by atoms with Crippen LogP contribution in [0.15, 0.2) is 30.5 Å². The van der Waals surface area contributed by atoms with Gasteiger partial charge in [-0.05, 0) is 56.1 Å². The maximum absolute atomic E-state index is 12.5. The zero-order chi connectivity index (χ0) is 18.1. The zero-order valence-electron chi connectivity index (χ0n) is 14.6. The predicted octanol–water partition coefficient (Wildman–Crippen LogP) is 2.96. The van der Waals surface area contributed by atoms with E-state index >= 15 is 0 Å². The Morgan fingerprint density at radius 1 is 1.23 bits per heavy atom. The van der Waals surface area contributed by atoms with E-state index in [0.717, 1.165) is 19.6 Å². The van der Waals surface area contributed by atoms with Crippen LogP contribution in [0.4, 0.5) is 0 Å². The van der Waals surface area contributed by atoms with Crippen molar-refractivity contribution in [2.45, 2.75) is 25.8 Å². The Morgan fingerprint density at radius 3 is 2.54 bits per heavy atom. The summed E-state index contributed by atoms with van der Waals surface area (Å²) in [7, 11) is 0. The molecule has 3 fully saturated rings. The summed E-state index contributed by atoms with van der Waals surface area (Å²) in [5, 5.41) is 4.16. The number of benzene rings is 1. The molecule has 1 N–H and O–H groups in total. The van der Waals surface area contributed by atoms with Crippen molar-refractivity contribution in [1.82, 2.24) is 15.2 Å². The molecule has 1 aromatic carbocycles. The number of carbonyl (C=O) groups excluding carboxylic acids is 2. The van der Waals surface area contributed by atoms with Crippen molar-refractivity contribution in [2.75, 3.05) is 19.6 Å². The summed E-state index contributed by atoms with van der Waals surface area (Å²) in [5.74, 6) is 1.10. The molecule has 1 aromatic heterocycles. The number of thiazole rings is 1. The Bertz CT molecular complexity index is 810. The standard InChI is InChI=1S/C19H21N3O3S/c1-12(23)19-20-10-17(26-19)25-15-4-2-14(3-5-15)18(24)21-16-11-22-8-6-13(16)7-9-22/h2-5,10,13,16H,6-9,11H2,1H3,(H,21,24)/t16-/m0/s1. The van der Waals surface area contributed by atoms with Crippen molar-refractivity contribution in [3.63, 3.8) is 0 Å². The fourth-order valence-corrected chi connectivity index (χ4v) is 4.32. The van der Waals surface area contributed by atoms with E-state index in [-0.39, 0.29) is 17.7 Å². The van der Waals surface area contributed by atoms with E-state index < -0.39 is 0 Å². The Kier molecular flexibility index (Phi) is 4.74. The van der Waals surface area contributed by atoms with Crippen molar-refractivity contribution in [3.8, 4) is 10.8 Å². The van der Waals surface area contributed by atoms with Gasteiger partial charge in [-0.3, -0.25) is 9.59 Å². The number of hydrogen-bond acceptors (Lipinski definition) is 6. The first-order valence-electron chi connectivity index (χ1n) is 8.86. The van der Waals surface area contributed by atoms with Crippen molar-refractivity contribution in [1.29, 1.82) is 0 Å². The van der Waals surface area contributed by atoms with Gasteiger partial charge in [0.05, 0.1) is 6.20 Å². The molecule has 1 atom stereocenters. The zero-order valence-corrected chi connectivity index (χ0v) is 15.4. The van der Waals surface area contributed by atoms with Crippen LogP contribution >= 0.6 is 11.3 Å². The summed E-state index contributed by atoms with van der Waals surface area (Å²) >= 11 is 1.21. The lowest BCUT2D eigenvalue weighted by Gasteiger charge is -2.44. The third-order valence-electron chi connectivity index (χ3n) is 5.09. The molecular formula is C19H21N3O3S. The van der Waals surface area contributed by atoms with Gasteiger partial charge in [-0.25, -0.2) is 4.98 Å². The predicted molar refractivity (Wildman–Crippen MR) is 99.1 cm³/mol. The van der Waals surface area contributed by atoms with Crippen LogP contribution in [-0.2, 0) is 0 Å². The van der Waals surface area contributed by atoms with E-state index in [0.29, 0.717) is 27.3 Å². The van der Waals surface area contributed by atoms with E-state index in [1.165, 1.54) is 37.3 Å². The van der Waals surface area contributed by atoms with Gasteiger partial charge in [0.15, 0.2) is 10.8 Å². The van der Waals surface area contributed by atoms with Crippen LogP contribution in [0.3, 0.4) is 0 Å². The van der Waals surface area contributed by atoms with Gasteiger partial charge in [0.1, 0.15) is 5.75 Å². The van der Waals surface area contributed by atoms with Gasteiger partial charge in [0.25, 0.3) is 5.91 Å². The van der Waals surface area contributed by atoms with Crippen molar-refractivity contribution in [3.05, 3.63) is 41.0 Å². The van der Waals surface area contributed by atoms with Gasteiger partial charge < -0.3 is 15.0 Å². The van der Waals surface area contributed by atoms with Gasteiger partial charge in [0, 0.05) is 25.1 Å². The molecule has 5 rings (SSSR count). The molecule has 0 saturated carbocycles. The number of hydrogen-bond donors (Lipinski definition) is 1. The fourth-order valence-electron chi connectivity index (χ4n) is 3.64. The molecule has 4 heterocycles. The summed E-state index contributed by atoms with van der Waals surface area (Å²) in [6, 6.07) is 7.30. The Hall–Kier alpha value is -2.25. The van der Waals surface area contributed by atoms with E-state index in [1.54, 1.807) is 24.3 Å². The quantitative estimate of drug-likeness (QED) is 0.818. The highest BCUT2D eigenvalue weighted by atomic mass is 32.1. The first kappa shape index (κ1) is 17.2. The van der Waals surface area contributed by atoms with E-state index in [1.807, 2.05) is 0 Å². The SMILES string of the molecule is CC(=O)c1ncc(Oc2ccc(C(=O)N[C@H]3CN4CCC3CC4)cc2)s1. The lowest BCUT2D eigenvalue weighted by Crippen LogP contribution is -2.57. The number of rotatable bonds is 5. The van der Waals surface area contributed by atoms with Crippen LogP contribution < -0.4 is 10.1 Å². The molecule has 136 valence electrons. The number of carbonyl (C=O) groups is 2. The summed E-state index contributed by atoms with van der Waals surface area (Å²) in [4.78, 5) is 30.2. The molecular weight excluding hydrogens is 350 g/mol. The lowest BCUT2D eigenvalue weighted by molar-refractivity contribution is 0.0620. The highest BCUT2D eigenvalue weighted by molar-refractivity contribution is 7.15. The van der Waals surface area contributed by atoms with Crippen LogP contribution in [0.1, 0.15) is 39.9 Å². The summed E-state index contributed by atoms with van der Waals surface area (Å²) in [6.07, 6.45) is 3.89. The van der Waals surface area contributed by atoms with Gasteiger partial charge in [-0.1, -0.05) is 11.3 Å².